The molecule has 4 nitrogen and oxygen atoms in total. The molecule has 3 rings (SSSR count). The molecule has 2 aromatic carbocycles. The topological polar surface area (TPSA) is 46.4 Å². The van der Waals surface area contributed by atoms with Gasteiger partial charge in [-0.1, -0.05) is 12.1 Å². The summed E-state index contributed by atoms with van der Waals surface area (Å²) in [6, 6.07) is 13.8. The van der Waals surface area contributed by atoms with Crippen molar-refractivity contribution in [3.8, 4) is 5.69 Å². The molecule has 0 spiro atoms. The van der Waals surface area contributed by atoms with E-state index < -0.39 is 11.7 Å². The van der Waals surface area contributed by atoms with Crippen molar-refractivity contribution < 1.29 is 13.6 Å². The highest BCUT2D eigenvalue weighted by Gasteiger charge is 2.11. The van der Waals surface area contributed by atoms with Gasteiger partial charge < -0.3 is 4.57 Å². The Labute approximate surface area is 149 Å². The Kier molecular flexibility index (Phi) is 4.93. The number of hydrogen-bond acceptors (Lipinski definition) is 2. The van der Waals surface area contributed by atoms with Gasteiger partial charge in [0.15, 0.2) is 0 Å². The van der Waals surface area contributed by atoms with Gasteiger partial charge in [-0.2, -0.15) is 5.10 Å². The minimum atomic E-state index is -0.619. The van der Waals surface area contributed by atoms with Gasteiger partial charge in [0, 0.05) is 22.6 Å². The van der Waals surface area contributed by atoms with Gasteiger partial charge in [-0.05, 0) is 56.3 Å². The number of carbonyl (C=O) groups excluding carboxylic acids is 1. The summed E-state index contributed by atoms with van der Waals surface area (Å²) in [4.78, 5) is 12.0. The Morgan fingerprint density at radius 1 is 1.08 bits per heavy atom. The number of benzene rings is 2. The normalized spacial score (nSPS) is 11.1. The number of nitrogens with zero attached hydrogens (tertiary/aromatic N) is 2. The van der Waals surface area contributed by atoms with Crippen molar-refractivity contribution in [1.82, 2.24) is 9.99 Å². The molecular formula is C20H17F2N3O. The van der Waals surface area contributed by atoms with E-state index in [1.54, 1.807) is 18.2 Å². The van der Waals surface area contributed by atoms with Crippen LogP contribution < -0.4 is 5.43 Å². The van der Waals surface area contributed by atoms with Crippen LogP contribution in [0.4, 0.5) is 8.78 Å². The van der Waals surface area contributed by atoms with Gasteiger partial charge in [0.25, 0.3) is 5.91 Å². The first-order valence-electron chi connectivity index (χ1n) is 8.00. The maximum absolute atomic E-state index is 13.6. The van der Waals surface area contributed by atoms with Crippen molar-refractivity contribution in [3.05, 3.63) is 88.7 Å². The van der Waals surface area contributed by atoms with Crippen LogP contribution in [0.15, 0.2) is 59.7 Å². The third kappa shape index (κ3) is 3.54. The average molecular weight is 353 g/mol. The van der Waals surface area contributed by atoms with Crippen molar-refractivity contribution in [2.24, 2.45) is 5.10 Å². The second kappa shape index (κ2) is 7.31. The Balaban J connectivity index is 1.79. The molecular weight excluding hydrogens is 336 g/mol. The molecule has 0 radical (unpaired) electrons. The van der Waals surface area contributed by atoms with E-state index in [1.807, 2.05) is 24.5 Å². The first-order valence-corrected chi connectivity index (χ1v) is 8.00. The lowest BCUT2D eigenvalue weighted by Gasteiger charge is -2.09. The SMILES string of the molecule is Cc1cc(/C=N\NC(=O)c2ccccc2F)c(C)n1-c1ccc(F)cc1. The lowest BCUT2D eigenvalue weighted by atomic mass is 10.2. The molecule has 0 fully saturated rings. The summed E-state index contributed by atoms with van der Waals surface area (Å²) in [7, 11) is 0. The highest BCUT2D eigenvalue weighted by molar-refractivity contribution is 5.95. The summed E-state index contributed by atoms with van der Waals surface area (Å²) >= 11 is 0. The third-order valence-corrected chi connectivity index (χ3v) is 4.04. The summed E-state index contributed by atoms with van der Waals surface area (Å²) < 4.78 is 28.7. The Morgan fingerprint density at radius 3 is 2.46 bits per heavy atom. The fourth-order valence-electron chi connectivity index (χ4n) is 2.77. The quantitative estimate of drug-likeness (QED) is 0.556. The molecule has 132 valence electrons. The number of nitrogens with one attached hydrogen (secondary N) is 1. The molecule has 0 aliphatic heterocycles. The Hall–Kier alpha value is -3.28. The predicted octanol–water partition coefficient (Wildman–Crippen LogP) is 4.14. The van der Waals surface area contributed by atoms with E-state index in [9.17, 15) is 13.6 Å². The molecule has 0 saturated carbocycles. The number of hydrazone groups is 1. The first kappa shape index (κ1) is 17.5. The van der Waals surface area contributed by atoms with Crippen LogP contribution in [0, 0.1) is 25.5 Å². The maximum Gasteiger partial charge on any atom is 0.274 e. The number of amides is 1. The van der Waals surface area contributed by atoms with Crippen LogP contribution in [0.2, 0.25) is 0 Å². The largest absolute Gasteiger partial charge is 0.318 e. The summed E-state index contributed by atoms with van der Waals surface area (Å²) in [5.41, 5.74) is 5.71. The molecule has 0 aliphatic rings. The van der Waals surface area contributed by atoms with Gasteiger partial charge in [-0.3, -0.25) is 4.79 Å². The molecule has 0 saturated heterocycles. The van der Waals surface area contributed by atoms with E-state index in [1.165, 1.54) is 36.5 Å². The Bertz CT molecular complexity index is 975. The van der Waals surface area contributed by atoms with Crippen molar-refractivity contribution in [2.45, 2.75) is 13.8 Å². The zero-order valence-electron chi connectivity index (χ0n) is 14.3. The van der Waals surface area contributed by atoms with E-state index in [4.69, 9.17) is 0 Å². The van der Waals surface area contributed by atoms with E-state index >= 15 is 0 Å². The molecule has 0 unspecified atom stereocenters. The zero-order valence-corrected chi connectivity index (χ0v) is 14.3. The molecule has 1 N–H and O–H groups in total. The molecule has 0 bridgehead atoms. The minimum absolute atomic E-state index is 0.0681. The van der Waals surface area contributed by atoms with E-state index in [0.717, 1.165) is 22.6 Å². The van der Waals surface area contributed by atoms with Gasteiger partial charge in [0.2, 0.25) is 0 Å². The predicted molar refractivity (Wildman–Crippen MR) is 96.7 cm³/mol. The van der Waals surface area contributed by atoms with Crippen LogP contribution in [0.5, 0.6) is 0 Å². The van der Waals surface area contributed by atoms with Crippen molar-refractivity contribution in [2.75, 3.05) is 0 Å². The number of aromatic nitrogens is 1. The van der Waals surface area contributed by atoms with Crippen molar-refractivity contribution in [3.63, 3.8) is 0 Å². The fourth-order valence-corrected chi connectivity index (χ4v) is 2.77. The second-order valence-corrected chi connectivity index (χ2v) is 5.82. The zero-order chi connectivity index (χ0) is 18.7. The van der Waals surface area contributed by atoms with Crippen LogP contribution in [0.1, 0.15) is 27.3 Å². The van der Waals surface area contributed by atoms with Gasteiger partial charge >= 0.3 is 0 Å². The van der Waals surface area contributed by atoms with E-state index in [2.05, 4.69) is 10.5 Å². The lowest BCUT2D eigenvalue weighted by Crippen LogP contribution is -2.18. The summed E-state index contributed by atoms with van der Waals surface area (Å²) in [6.07, 6.45) is 1.50. The fraction of sp³-hybridized carbons (Fsp3) is 0.100. The van der Waals surface area contributed by atoms with Crippen LogP contribution in [-0.2, 0) is 0 Å². The van der Waals surface area contributed by atoms with Gasteiger partial charge in [-0.15, -0.1) is 0 Å². The van der Waals surface area contributed by atoms with Crippen LogP contribution >= 0.6 is 0 Å². The number of hydrogen-bond donors (Lipinski definition) is 1. The van der Waals surface area contributed by atoms with Gasteiger partial charge in [0.05, 0.1) is 11.8 Å². The minimum Gasteiger partial charge on any atom is -0.318 e. The van der Waals surface area contributed by atoms with Crippen LogP contribution in [0.25, 0.3) is 5.69 Å². The van der Waals surface area contributed by atoms with Crippen molar-refractivity contribution in [1.29, 1.82) is 0 Å². The third-order valence-electron chi connectivity index (χ3n) is 4.04. The number of rotatable bonds is 4. The number of carbonyl (C=O) groups is 1. The van der Waals surface area contributed by atoms with Crippen LogP contribution in [0.3, 0.4) is 0 Å². The molecule has 3 aromatic rings. The van der Waals surface area contributed by atoms with Gasteiger partial charge in [0.1, 0.15) is 11.6 Å². The highest BCUT2D eigenvalue weighted by Crippen LogP contribution is 2.20. The van der Waals surface area contributed by atoms with Gasteiger partial charge in [-0.25, -0.2) is 14.2 Å². The smallest absolute Gasteiger partial charge is 0.274 e. The standard InChI is InChI=1S/C20H17F2N3O/c1-13-11-15(14(2)25(13)17-9-7-16(21)8-10-17)12-23-24-20(26)18-5-3-4-6-19(18)22/h3-12H,1-2H3,(H,24,26)/b23-12-. The molecule has 26 heavy (non-hydrogen) atoms. The molecule has 1 amide bonds. The molecule has 6 heteroatoms. The average Bonchev–Trinajstić information content (AvgIpc) is 2.90. The first-order chi connectivity index (χ1) is 12.5. The van der Waals surface area contributed by atoms with Crippen molar-refractivity contribution >= 4 is 12.1 Å². The second-order valence-electron chi connectivity index (χ2n) is 5.82. The van der Waals surface area contributed by atoms with E-state index in [0.29, 0.717) is 0 Å². The summed E-state index contributed by atoms with van der Waals surface area (Å²) in [5, 5.41) is 3.92. The Morgan fingerprint density at radius 2 is 1.77 bits per heavy atom. The lowest BCUT2D eigenvalue weighted by molar-refractivity contribution is 0.0951. The maximum atomic E-state index is 13.6. The molecule has 1 heterocycles. The van der Waals surface area contributed by atoms with E-state index in [-0.39, 0.29) is 11.4 Å². The monoisotopic (exact) mass is 353 g/mol. The molecule has 0 atom stereocenters. The number of aryl methyl sites for hydroxylation is 1. The van der Waals surface area contributed by atoms with Crippen LogP contribution in [-0.4, -0.2) is 16.7 Å². The molecule has 0 aliphatic carbocycles. The number of halogens is 2. The highest BCUT2D eigenvalue weighted by atomic mass is 19.1. The summed E-state index contributed by atoms with van der Waals surface area (Å²) in [6.45, 7) is 3.82. The molecule has 1 aromatic heterocycles. The summed E-state index contributed by atoms with van der Waals surface area (Å²) in [5.74, 6) is -1.52.